The SMILES string of the molecule is C[C@H]1CN(C(=O)OC(C)(C)C)CCN1c1nccc(Cl)n1. The zero-order chi connectivity index (χ0) is 15.6. The highest BCUT2D eigenvalue weighted by molar-refractivity contribution is 6.29. The Morgan fingerprint density at radius 3 is 2.71 bits per heavy atom. The van der Waals surface area contributed by atoms with Gasteiger partial charge in [-0.2, -0.15) is 0 Å². The maximum atomic E-state index is 12.1. The lowest BCUT2D eigenvalue weighted by Crippen LogP contribution is -2.55. The quantitative estimate of drug-likeness (QED) is 0.746. The first-order chi connectivity index (χ1) is 9.76. The van der Waals surface area contributed by atoms with Gasteiger partial charge in [0.15, 0.2) is 0 Å². The molecule has 0 N–H and O–H groups in total. The third kappa shape index (κ3) is 4.20. The van der Waals surface area contributed by atoms with Gasteiger partial charge in [0, 0.05) is 31.9 Å². The fraction of sp³-hybridized carbons (Fsp3) is 0.643. The van der Waals surface area contributed by atoms with Crippen molar-refractivity contribution in [2.24, 2.45) is 0 Å². The summed E-state index contributed by atoms with van der Waals surface area (Å²) in [4.78, 5) is 24.3. The first-order valence-corrected chi connectivity index (χ1v) is 7.37. The molecule has 1 atom stereocenters. The van der Waals surface area contributed by atoms with E-state index in [-0.39, 0.29) is 12.1 Å². The highest BCUT2D eigenvalue weighted by Gasteiger charge is 2.30. The van der Waals surface area contributed by atoms with Gasteiger partial charge in [-0.1, -0.05) is 11.6 Å². The Balaban J connectivity index is 2.01. The van der Waals surface area contributed by atoms with Gasteiger partial charge in [0.05, 0.1) is 0 Å². The second-order valence-corrected chi connectivity index (χ2v) is 6.54. The molecule has 1 saturated heterocycles. The Labute approximate surface area is 130 Å². The maximum absolute atomic E-state index is 12.1. The van der Waals surface area contributed by atoms with Gasteiger partial charge in [-0.05, 0) is 33.8 Å². The molecule has 0 spiro atoms. The van der Waals surface area contributed by atoms with E-state index in [1.807, 2.05) is 32.6 Å². The Morgan fingerprint density at radius 1 is 1.43 bits per heavy atom. The second kappa shape index (κ2) is 6.05. The van der Waals surface area contributed by atoms with Crippen LogP contribution in [0, 0.1) is 0 Å². The van der Waals surface area contributed by atoms with Gasteiger partial charge in [0.25, 0.3) is 0 Å². The van der Waals surface area contributed by atoms with Crippen LogP contribution in [0.2, 0.25) is 5.15 Å². The Kier molecular flexibility index (Phi) is 4.56. The molecule has 1 fully saturated rings. The molecule has 0 aromatic carbocycles. The molecule has 2 heterocycles. The van der Waals surface area contributed by atoms with Crippen molar-refractivity contribution in [1.29, 1.82) is 0 Å². The van der Waals surface area contributed by atoms with Crippen molar-refractivity contribution in [1.82, 2.24) is 14.9 Å². The smallest absolute Gasteiger partial charge is 0.410 e. The lowest BCUT2D eigenvalue weighted by molar-refractivity contribution is 0.0218. The van der Waals surface area contributed by atoms with Crippen LogP contribution >= 0.6 is 11.6 Å². The van der Waals surface area contributed by atoms with Crippen LogP contribution in [-0.2, 0) is 4.74 Å². The van der Waals surface area contributed by atoms with E-state index in [4.69, 9.17) is 16.3 Å². The third-order valence-corrected chi connectivity index (χ3v) is 3.36. The van der Waals surface area contributed by atoms with Crippen LogP contribution in [-0.4, -0.2) is 52.2 Å². The molecule has 0 radical (unpaired) electrons. The Hall–Kier alpha value is -1.56. The molecular weight excluding hydrogens is 292 g/mol. The first-order valence-electron chi connectivity index (χ1n) is 6.99. The zero-order valence-corrected chi connectivity index (χ0v) is 13.6. The van der Waals surface area contributed by atoms with Gasteiger partial charge in [-0.15, -0.1) is 0 Å². The molecular formula is C14H21ClN4O2. The van der Waals surface area contributed by atoms with Gasteiger partial charge in [-0.3, -0.25) is 0 Å². The maximum Gasteiger partial charge on any atom is 0.410 e. The number of carbonyl (C=O) groups excluding carboxylic acids is 1. The van der Waals surface area contributed by atoms with Crippen LogP contribution in [0.3, 0.4) is 0 Å². The molecule has 0 aliphatic carbocycles. The number of piperazine rings is 1. The minimum absolute atomic E-state index is 0.102. The van der Waals surface area contributed by atoms with Gasteiger partial charge in [-0.25, -0.2) is 14.8 Å². The van der Waals surface area contributed by atoms with Crippen molar-refractivity contribution in [2.75, 3.05) is 24.5 Å². The van der Waals surface area contributed by atoms with Gasteiger partial charge in [0.1, 0.15) is 10.8 Å². The van der Waals surface area contributed by atoms with Crippen molar-refractivity contribution in [3.05, 3.63) is 17.4 Å². The molecule has 2 rings (SSSR count). The molecule has 116 valence electrons. The van der Waals surface area contributed by atoms with Crippen molar-refractivity contribution < 1.29 is 9.53 Å². The molecule has 6 nitrogen and oxygen atoms in total. The Bertz CT molecular complexity index is 518. The van der Waals surface area contributed by atoms with Crippen molar-refractivity contribution in [3.63, 3.8) is 0 Å². The third-order valence-electron chi connectivity index (χ3n) is 3.14. The number of ether oxygens (including phenoxy) is 1. The van der Waals surface area contributed by atoms with Crippen LogP contribution in [0.4, 0.5) is 10.7 Å². The van der Waals surface area contributed by atoms with Gasteiger partial charge in [0.2, 0.25) is 5.95 Å². The van der Waals surface area contributed by atoms with Crippen molar-refractivity contribution in [3.8, 4) is 0 Å². The summed E-state index contributed by atoms with van der Waals surface area (Å²) in [5.74, 6) is 0.596. The molecule has 7 heteroatoms. The molecule has 21 heavy (non-hydrogen) atoms. The van der Waals surface area contributed by atoms with Crippen LogP contribution in [0.15, 0.2) is 12.3 Å². The number of carbonyl (C=O) groups is 1. The van der Waals surface area contributed by atoms with Crippen molar-refractivity contribution in [2.45, 2.75) is 39.3 Å². The molecule has 1 aliphatic rings. The number of nitrogens with zero attached hydrogens (tertiary/aromatic N) is 4. The lowest BCUT2D eigenvalue weighted by Gasteiger charge is -2.40. The lowest BCUT2D eigenvalue weighted by atomic mass is 10.2. The second-order valence-electron chi connectivity index (χ2n) is 6.15. The number of hydrogen-bond donors (Lipinski definition) is 0. The van der Waals surface area contributed by atoms with Crippen LogP contribution < -0.4 is 4.90 Å². The molecule has 1 aromatic heterocycles. The summed E-state index contributed by atoms with van der Waals surface area (Å²) < 4.78 is 5.40. The number of aromatic nitrogens is 2. The molecule has 1 aliphatic heterocycles. The molecule has 1 aromatic rings. The predicted octanol–water partition coefficient (Wildman–Crippen LogP) is 2.58. The van der Waals surface area contributed by atoms with E-state index in [1.54, 1.807) is 17.2 Å². The highest BCUT2D eigenvalue weighted by Crippen LogP contribution is 2.19. The van der Waals surface area contributed by atoms with Crippen LogP contribution in [0.25, 0.3) is 0 Å². The van der Waals surface area contributed by atoms with E-state index >= 15 is 0 Å². The minimum Gasteiger partial charge on any atom is -0.444 e. The molecule has 0 unspecified atom stereocenters. The average Bonchev–Trinajstić information content (AvgIpc) is 2.36. The standard InChI is InChI=1S/C14H21ClN4O2/c1-10-9-18(13(20)21-14(2,3)4)7-8-19(10)12-16-6-5-11(15)17-12/h5-6,10H,7-9H2,1-4H3/t10-/m0/s1. The van der Waals surface area contributed by atoms with Gasteiger partial charge < -0.3 is 14.5 Å². The summed E-state index contributed by atoms with van der Waals surface area (Å²) in [5.41, 5.74) is -0.479. The monoisotopic (exact) mass is 312 g/mol. The molecule has 0 bridgehead atoms. The first kappa shape index (κ1) is 15.8. The zero-order valence-electron chi connectivity index (χ0n) is 12.8. The largest absolute Gasteiger partial charge is 0.444 e. The average molecular weight is 313 g/mol. The van der Waals surface area contributed by atoms with Crippen molar-refractivity contribution >= 4 is 23.6 Å². The van der Waals surface area contributed by atoms with E-state index in [0.29, 0.717) is 30.7 Å². The summed E-state index contributed by atoms with van der Waals surface area (Å²) in [6.45, 7) is 9.43. The van der Waals surface area contributed by atoms with Gasteiger partial charge >= 0.3 is 6.09 Å². The summed E-state index contributed by atoms with van der Waals surface area (Å²) in [6.07, 6.45) is 1.36. The number of anilines is 1. The topological polar surface area (TPSA) is 58.6 Å². The fourth-order valence-electron chi connectivity index (χ4n) is 2.21. The normalized spacial score (nSPS) is 19.6. The van der Waals surface area contributed by atoms with E-state index in [1.165, 1.54) is 0 Å². The summed E-state index contributed by atoms with van der Waals surface area (Å²) in [6, 6.07) is 1.75. The number of hydrogen-bond acceptors (Lipinski definition) is 5. The van der Waals surface area contributed by atoms with E-state index in [9.17, 15) is 4.79 Å². The summed E-state index contributed by atoms with van der Waals surface area (Å²) in [5, 5.41) is 0.418. The van der Waals surface area contributed by atoms with E-state index < -0.39 is 5.60 Å². The fourth-order valence-corrected chi connectivity index (χ4v) is 2.34. The van der Waals surface area contributed by atoms with Crippen LogP contribution in [0.1, 0.15) is 27.7 Å². The van der Waals surface area contributed by atoms with E-state index in [2.05, 4.69) is 9.97 Å². The highest BCUT2D eigenvalue weighted by atomic mass is 35.5. The molecule has 1 amide bonds. The minimum atomic E-state index is -0.479. The number of halogens is 1. The summed E-state index contributed by atoms with van der Waals surface area (Å²) in [7, 11) is 0. The van der Waals surface area contributed by atoms with Crippen LogP contribution in [0.5, 0.6) is 0 Å². The van der Waals surface area contributed by atoms with E-state index in [0.717, 1.165) is 0 Å². The number of rotatable bonds is 1. The summed E-state index contributed by atoms with van der Waals surface area (Å²) >= 11 is 5.90. The molecule has 0 saturated carbocycles. The number of amides is 1. The Morgan fingerprint density at radius 2 is 2.14 bits per heavy atom. The predicted molar refractivity (Wildman–Crippen MR) is 81.7 cm³/mol.